The fourth-order valence-electron chi connectivity index (χ4n) is 2.69. The lowest BCUT2D eigenvalue weighted by Crippen LogP contribution is -2.38. The van der Waals surface area contributed by atoms with E-state index in [1.54, 1.807) is 7.11 Å². The molecule has 1 aliphatic heterocycles. The van der Waals surface area contributed by atoms with Crippen LogP contribution in [0.5, 0.6) is 5.75 Å². The Kier molecular flexibility index (Phi) is 3.71. The van der Waals surface area contributed by atoms with E-state index < -0.39 is 0 Å². The van der Waals surface area contributed by atoms with Crippen LogP contribution in [0.2, 0.25) is 0 Å². The van der Waals surface area contributed by atoms with Crippen LogP contribution in [-0.2, 0) is 0 Å². The Labute approximate surface area is 109 Å². The van der Waals surface area contributed by atoms with Crippen molar-refractivity contribution in [1.82, 2.24) is 5.32 Å². The Balaban J connectivity index is 2.28. The van der Waals surface area contributed by atoms with Crippen molar-refractivity contribution >= 4 is 5.78 Å². The summed E-state index contributed by atoms with van der Waals surface area (Å²) in [6.07, 6.45) is 0.926. The summed E-state index contributed by atoms with van der Waals surface area (Å²) in [6.45, 7) is 5.98. The maximum atomic E-state index is 12.7. The molecule has 1 aromatic rings. The summed E-state index contributed by atoms with van der Waals surface area (Å²) in [5.74, 6) is 1.39. The Morgan fingerprint density at radius 2 is 2.00 bits per heavy atom. The lowest BCUT2D eigenvalue weighted by molar-refractivity contribution is 0.0740. The average Bonchev–Trinajstić information content (AvgIpc) is 2.88. The van der Waals surface area contributed by atoms with Crippen molar-refractivity contribution in [2.75, 3.05) is 20.2 Å². The van der Waals surface area contributed by atoms with Crippen LogP contribution in [0, 0.1) is 11.3 Å². The lowest BCUT2D eigenvalue weighted by atomic mass is 9.71. The second-order valence-electron chi connectivity index (χ2n) is 5.30. The Morgan fingerprint density at radius 1 is 1.33 bits per heavy atom. The van der Waals surface area contributed by atoms with Gasteiger partial charge in [0.05, 0.1) is 7.11 Å². The maximum Gasteiger partial charge on any atom is 0.170 e. The van der Waals surface area contributed by atoms with Crippen molar-refractivity contribution in [3.05, 3.63) is 29.8 Å². The molecule has 1 N–H and O–H groups in total. The number of benzene rings is 1. The molecule has 0 bridgehead atoms. The van der Waals surface area contributed by atoms with E-state index >= 15 is 0 Å². The second kappa shape index (κ2) is 5.11. The highest BCUT2D eigenvalue weighted by Gasteiger charge is 2.43. The SMILES string of the molecule is COc1ccc(C(=O)C2(C(C)C)CCNC2)cc1. The minimum Gasteiger partial charge on any atom is -0.497 e. The molecule has 1 unspecified atom stereocenters. The van der Waals surface area contributed by atoms with Crippen molar-refractivity contribution in [3.8, 4) is 5.75 Å². The first-order chi connectivity index (χ1) is 8.60. The standard InChI is InChI=1S/C15H21NO2/c1-11(2)15(8-9-16-10-15)14(17)12-4-6-13(18-3)7-5-12/h4-7,11,16H,8-10H2,1-3H3. The number of methoxy groups -OCH3 is 1. The Morgan fingerprint density at radius 3 is 2.44 bits per heavy atom. The number of Topliss-reactive ketones (excluding diaryl/α,β-unsaturated/α-hetero) is 1. The largest absolute Gasteiger partial charge is 0.497 e. The fourth-order valence-corrected chi connectivity index (χ4v) is 2.69. The molecule has 1 heterocycles. The summed E-state index contributed by atoms with van der Waals surface area (Å²) < 4.78 is 5.12. The van der Waals surface area contributed by atoms with Gasteiger partial charge in [-0.25, -0.2) is 0 Å². The zero-order valence-corrected chi connectivity index (χ0v) is 11.3. The monoisotopic (exact) mass is 247 g/mol. The molecule has 1 saturated heterocycles. The normalized spacial score (nSPS) is 23.3. The molecule has 3 nitrogen and oxygen atoms in total. The van der Waals surface area contributed by atoms with Gasteiger partial charge in [-0.1, -0.05) is 13.8 Å². The van der Waals surface area contributed by atoms with Gasteiger partial charge < -0.3 is 10.1 Å². The third kappa shape index (κ3) is 2.15. The molecule has 18 heavy (non-hydrogen) atoms. The van der Waals surface area contributed by atoms with Gasteiger partial charge in [-0.05, 0) is 43.1 Å². The summed E-state index contributed by atoms with van der Waals surface area (Å²) >= 11 is 0. The van der Waals surface area contributed by atoms with Crippen LogP contribution in [0.4, 0.5) is 0 Å². The number of nitrogens with one attached hydrogen (secondary N) is 1. The van der Waals surface area contributed by atoms with Crippen LogP contribution in [0.25, 0.3) is 0 Å². The lowest BCUT2D eigenvalue weighted by Gasteiger charge is -2.31. The van der Waals surface area contributed by atoms with Crippen molar-refractivity contribution in [2.45, 2.75) is 20.3 Å². The maximum absolute atomic E-state index is 12.7. The molecule has 0 amide bonds. The van der Waals surface area contributed by atoms with Crippen molar-refractivity contribution in [2.24, 2.45) is 11.3 Å². The van der Waals surface area contributed by atoms with Crippen LogP contribution in [-0.4, -0.2) is 26.0 Å². The first-order valence-corrected chi connectivity index (χ1v) is 6.50. The first kappa shape index (κ1) is 13.1. The third-order valence-corrected chi connectivity index (χ3v) is 4.10. The fraction of sp³-hybridized carbons (Fsp3) is 0.533. The van der Waals surface area contributed by atoms with Gasteiger partial charge in [0.25, 0.3) is 0 Å². The van der Waals surface area contributed by atoms with Gasteiger partial charge >= 0.3 is 0 Å². The topological polar surface area (TPSA) is 38.3 Å². The van der Waals surface area contributed by atoms with E-state index in [0.29, 0.717) is 5.92 Å². The van der Waals surface area contributed by atoms with E-state index in [9.17, 15) is 4.79 Å². The minimum atomic E-state index is -0.241. The van der Waals surface area contributed by atoms with Crippen LogP contribution in [0.1, 0.15) is 30.6 Å². The van der Waals surface area contributed by atoms with Crippen LogP contribution in [0.3, 0.4) is 0 Å². The van der Waals surface area contributed by atoms with Crippen LogP contribution >= 0.6 is 0 Å². The van der Waals surface area contributed by atoms with Crippen molar-refractivity contribution < 1.29 is 9.53 Å². The van der Waals surface area contributed by atoms with Gasteiger partial charge in [-0.15, -0.1) is 0 Å². The minimum absolute atomic E-state index is 0.241. The number of carbonyl (C=O) groups excluding carboxylic acids is 1. The van der Waals surface area contributed by atoms with E-state index in [0.717, 1.165) is 30.8 Å². The molecule has 0 spiro atoms. The van der Waals surface area contributed by atoms with Crippen LogP contribution in [0.15, 0.2) is 24.3 Å². The quantitative estimate of drug-likeness (QED) is 0.831. The number of rotatable bonds is 4. The molecule has 3 heteroatoms. The Hall–Kier alpha value is -1.35. The highest BCUT2D eigenvalue weighted by Crippen LogP contribution is 2.37. The smallest absolute Gasteiger partial charge is 0.170 e. The number of carbonyl (C=O) groups is 1. The molecular weight excluding hydrogens is 226 g/mol. The molecule has 0 aromatic heterocycles. The first-order valence-electron chi connectivity index (χ1n) is 6.50. The second-order valence-corrected chi connectivity index (χ2v) is 5.30. The molecule has 1 atom stereocenters. The van der Waals surface area contributed by atoms with E-state index in [1.807, 2.05) is 24.3 Å². The number of ether oxygens (including phenoxy) is 1. The predicted octanol–water partition coefficient (Wildman–Crippen LogP) is 2.51. The van der Waals surface area contributed by atoms with Gasteiger partial charge in [0.15, 0.2) is 5.78 Å². The molecular formula is C15H21NO2. The van der Waals surface area contributed by atoms with Gasteiger partial charge in [0, 0.05) is 17.5 Å². The Bertz CT molecular complexity index is 417. The molecule has 0 aliphatic carbocycles. The number of ketones is 1. The summed E-state index contributed by atoms with van der Waals surface area (Å²) in [7, 11) is 1.63. The molecule has 1 aromatic carbocycles. The van der Waals surface area contributed by atoms with Crippen LogP contribution < -0.4 is 10.1 Å². The molecule has 1 fully saturated rings. The summed E-state index contributed by atoms with van der Waals surface area (Å²) in [6, 6.07) is 7.43. The van der Waals surface area contributed by atoms with Gasteiger partial charge in [-0.2, -0.15) is 0 Å². The third-order valence-electron chi connectivity index (χ3n) is 4.10. The highest BCUT2D eigenvalue weighted by atomic mass is 16.5. The van der Waals surface area contributed by atoms with E-state index in [-0.39, 0.29) is 11.2 Å². The molecule has 98 valence electrons. The zero-order chi connectivity index (χ0) is 13.2. The number of hydrogen-bond acceptors (Lipinski definition) is 3. The summed E-state index contributed by atoms with van der Waals surface area (Å²) in [4.78, 5) is 12.7. The zero-order valence-electron chi connectivity index (χ0n) is 11.3. The molecule has 0 saturated carbocycles. The van der Waals surface area contributed by atoms with Gasteiger partial charge in [0.2, 0.25) is 0 Å². The van der Waals surface area contributed by atoms with Gasteiger partial charge in [0.1, 0.15) is 5.75 Å². The summed E-state index contributed by atoms with van der Waals surface area (Å²) in [5, 5.41) is 3.32. The van der Waals surface area contributed by atoms with Crippen molar-refractivity contribution in [3.63, 3.8) is 0 Å². The highest BCUT2D eigenvalue weighted by molar-refractivity contribution is 6.01. The predicted molar refractivity (Wildman–Crippen MR) is 72.1 cm³/mol. The summed E-state index contributed by atoms with van der Waals surface area (Å²) in [5.41, 5.74) is 0.544. The molecule has 2 rings (SSSR count). The van der Waals surface area contributed by atoms with E-state index in [2.05, 4.69) is 19.2 Å². The number of hydrogen-bond donors (Lipinski definition) is 1. The molecule has 0 radical (unpaired) electrons. The van der Waals surface area contributed by atoms with Crippen molar-refractivity contribution in [1.29, 1.82) is 0 Å². The molecule has 1 aliphatic rings. The average molecular weight is 247 g/mol. The van der Waals surface area contributed by atoms with E-state index in [4.69, 9.17) is 4.74 Å². The van der Waals surface area contributed by atoms with Gasteiger partial charge in [-0.3, -0.25) is 4.79 Å². The van der Waals surface area contributed by atoms with E-state index in [1.165, 1.54) is 0 Å².